The van der Waals surface area contributed by atoms with Crippen molar-refractivity contribution in [1.82, 2.24) is 5.32 Å². The number of hydrogen-bond acceptors (Lipinski definition) is 2. The van der Waals surface area contributed by atoms with Crippen molar-refractivity contribution in [1.29, 1.82) is 0 Å². The van der Waals surface area contributed by atoms with Crippen LogP contribution in [0.1, 0.15) is 41.7 Å². The van der Waals surface area contributed by atoms with Gasteiger partial charge < -0.3 is 10.6 Å². The molecule has 2 N–H and O–H groups in total. The first-order chi connectivity index (χ1) is 11.5. The van der Waals surface area contributed by atoms with Gasteiger partial charge in [-0.1, -0.05) is 34.1 Å². The van der Waals surface area contributed by atoms with Crippen molar-refractivity contribution < 1.29 is 9.59 Å². The molecule has 0 unspecified atom stereocenters. The molecule has 0 saturated heterocycles. The van der Waals surface area contributed by atoms with Crippen LogP contribution in [0.3, 0.4) is 0 Å². The number of halogens is 1. The van der Waals surface area contributed by atoms with Crippen molar-refractivity contribution in [2.75, 3.05) is 5.32 Å². The molecule has 2 aromatic carbocycles. The molecule has 124 valence electrons. The highest BCUT2D eigenvalue weighted by molar-refractivity contribution is 9.10. The van der Waals surface area contributed by atoms with Crippen LogP contribution in [0.15, 0.2) is 53.0 Å². The fraction of sp³-hybridized carbons (Fsp3) is 0.263. The molecule has 0 bridgehead atoms. The summed E-state index contributed by atoms with van der Waals surface area (Å²) in [6.45, 7) is 1.95. The van der Waals surface area contributed by atoms with E-state index in [9.17, 15) is 9.59 Å². The van der Waals surface area contributed by atoms with Crippen LogP contribution in [-0.4, -0.2) is 11.8 Å². The topological polar surface area (TPSA) is 58.2 Å². The van der Waals surface area contributed by atoms with Crippen molar-refractivity contribution in [2.24, 2.45) is 5.92 Å². The number of anilines is 1. The van der Waals surface area contributed by atoms with E-state index in [-0.39, 0.29) is 23.8 Å². The van der Waals surface area contributed by atoms with Gasteiger partial charge in [0.25, 0.3) is 5.91 Å². The zero-order chi connectivity index (χ0) is 17.1. The fourth-order valence-electron chi connectivity index (χ4n) is 2.48. The van der Waals surface area contributed by atoms with Gasteiger partial charge in [-0.15, -0.1) is 0 Å². The van der Waals surface area contributed by atoms with Gasteiger partial charge >= 0.3 is 0 Å². The maximum Gasteiger partial charge on any atom is 0.251 e. The van der Waals surface area contributed by atoms with Crippen molar-refractivity contribution in [2.45, 2.75) is 25.8 Å². The third-order valence-electron chi connectivity index (χ3n) is 4.08. The summed E-state index contributed by atoms with van der Waals surface area (Å²) in [7, 11) is 0. The van der Waals surface area contributed by atoms with Crippen LogP contribution < -0.4 is 10.6 Å². The Bertz CT molecular complexity index is 754. The molecule has 1 saturated carbocycles. The molecule has 3 rings (SSSR count). The predicted molar refractivity (Wildman–Crippen MR) is 97.8 cm³/mol. The van der Waals surface area contributed by atoms with Crippen LogP contribution in [0, 0.1) is 5.92 Å². The minimum absolute atomic E-state index is 0.0646. The number of hydrogen-bond donors (Lipinski definition) is 2. The average molecular weight is 387 g/mol. The summed E-state index contributed by atoms with van der Waals surface area (Å²) in [4.78, 5) is 24.1. The number of amides is 2. The minimum atomic E-state index is -0.140. The zero-order valence-electron chi connectivity index (χ0n) is 13.4. The maximum atomic E-state index is 12.4. The van der Waals surface area contributed by atoms with Crippen molar-refractivity contribution in [3.63, 3.8) is 0 Å². The fourth-order valence-corrected chi connectivity index (χ4v) is 3.11. The van der Waals surface area contributed by atoms with E-state index in [2.05, 4.69) is 26.6 Å². The molecule has 5 heteroatoms. The maximum absolute atomic E-state index is 12.4. The number of nitrogens with one attached hydrogen (secondary N) is 2. The SMILES string of the molecule is C[C@@H](NC(=O)c1ccc(NC(=O)C2CC2)cc1)c1ccccc1Br. The Kier molecular flexibility index (Phi) is 5.00. The molecule has 4 nitrogen and oxygen atoms in total. The highest BCUT2D eigenvalue weighted by atomic mass is 79.9. The molecule has 1 atom stereocenters. The van der Waals surface area contributed by atoms with Gasteiger partial charge in [-0.05, 0) is 55.7 Å². The molecular formula is C19H19BrN2O2. The number of benzene rings is 2. The van der Waals surface area contributed by atoms with Gasteiger partial charge in [0.1, 0.15) is 0 Å². The molecule has 2 aromatic rings. The average Bonchev–Trinajstić information content (AvgIpc) is 3.40. The van der Waals surface area contributed by atoms with Gasteiger partial charge in [0.05, 0.1) is 6.04 Å². The third-order valence-corrected chi connectivity index (χ3v) is 4.80. The van der Waals surface area contributed by atoms with Gasteiger partial charge in [-0.2, -0.15) is 0 Å². The van der Waals surface area contributed by atoms with Crippen LogP contribution in [0.25, 0.3) is 0 Å². The lowest BCUT2D eigenvalue weighted by Crippen LogP contribution is -2.26. The van der Waals surface area contributed by atoms with Gasteiger partial charge in [0, 0.05) is 21.6 Å². The van der Waals surface area contributed by atoms with E-state index in [1.165, 1.54) is 0 Å². The lowest BCUT2D eigenvalue weighted by atomic mass is 10.1. The second-order valence-corrected chi connectivity index (χ2v) is 6.91. The summed E-state index contributed by atoms with van der Waals surface area (Å²) < 4.78 is 0.968. The molecule has 0 aliphatic heterocycles. The molecule has 1 aliphatic carbocycles. The number of carbonyl (C=O) groups excluding carboxylic acids is 2. The first-order valence-electron chi connectivity index (χ1n) is 8.01. The van der Waals surface area contributed by atoms with Crippen molar-refractivity contribution >= 4 is 33.4 Å². The smallest absolute Gasteiger partial charge is 0.251 e. The first kappa shape index (κ1) is 16.7. The molecule has 1 fully saturated rings. The van der Waals surface area contributed by atoms with Gasteiger partial charge in [-0.25, -0.2) is 0 Å². The number of carbonyl (C=O) groups is 2. The van der Waals surface area contributed by atoms with Crippen molar-refractivity contribution in [3.8, 4) is 0 Å². The molecule has 2 amide bonds. The van der Waals surface area contributed by atoms with Gasteiger partial charge in [0.15, 0.2) is 0 Å². The summed E-state index contributed by atoms with van der Waals surface area (Å²) in [6.07, 6.45) is 1.94. The molecule has 0 aromatic heterocycles. The lowest BCUT2D eigenvalue weighted by molar-refractivity contribution is -0.117. The molecular weight excluding hydrogens is 368 g/mol. The highest BCUT2D eigenvalue weighted by Gasteiger charge is 2.29. The third kappa shape index (κ3) is 4.03. The highest BCUT2D eigenvalue weighted by Crippen LogP contribution is 2.30. The number of rotatable bonds is 5. The van der Waals surface area contributed by atoms with E-state index in [0.29, 0.717) is 5.56 Å². The summed E-state index contributed by atoms with van der Waals surface area (Å²) in [5.41, 5.74) is 2.32. The molecule has 24 heavy (non-hydrogen) atoms. The Morgan fingerprint density at radius 3 is 2.38 bits per heavy atom. The Labute approximate surface area is 149 Å². The second kappa shape index (κ2) is 7.18. The quantitative estimate of drug-likeness (QED) is 0.804. The molecule has 1 aliphatic rings. The summed E-state index contributed by atoms with van der Waals surface area (Å²) in [6, 6.07) is 14.7. The minimum Gasteiger partial charge on any atom is -0.345 e. The van der Waals surface area contributed by atoms with Crippen LogP contribution in [0.5, 0.6) is 0 Å². The first-order valence-corrected chi connectivity index (χ1v) is 8.80. The van der Waals surface area contributed by atoms with Crippen LogP contribution in [0.4, 0.5) is 5.69 Å². The second-order valence-electron chi connectivity index (χ2n) is 6.06. The van der Waals surface area contributed by atoms with E-state index < -0.39 is 0 Å². The van der Waals surface area contributed by atoms with E-state index in [4.69, 9.17) is 0 Å². The van der Waals surface area contributed by atoms with E-state index in [1.807, 2.05) is 31.2 Å². The predicted octanol–water partition coefficient (Wildman–Crippen LogP) is 4.29. The Hall–Kier alpha value is -2.14. The zero-order valence-corrected chi connectivity index (χ0v) is 15.0. The lowest BCUT2D eigenvalue weighted by Gasteiger charge is -2.16. The van der Waals surface area contributed by atoms with Gasteiger partial charge in [-0.3, -0.25) is 9.59 Å². The monoisotopic (exact) mass is 386 g/mol. The van der Waals surface area contributed by atoms with Crippen LogP contribution in [0.2, 0.25) is 0 Å². The Morgan fingerprint density at radius 1 is 1.08 bits per heavy atom. The van der Waals surface area contributed by atoms with Gasteiger partial charge in [0.2, 0.25) is 5.91 Å². The van der Waals surface area contributed by atoms with Crippen LogP contribution >= 0.6 is 15.9 Å². The van der Waals surface area contributed by atoms with E-state index in [0.717, 1.165) is 28.6 Å². The normalized spacial score (nSPS) is 14.8. The summed E-state index contributed by atoms with van der Waals surface area (Å²) in [5, 5.41) is 5.85. The standard InChI is InChI=1S/C19H19BrN2O2/c1-12(16-4-2-3-5-17(16)20)21-18(23)14-8-10-15(11-9-14)22-19(24)13-6-7-13/h2-5,8-13H,6-7H2,1H3,(H,21,23)(H,22,24)/t12-/m1/s1. The molecule has 0 radical (unpaired) electrons. The molecule has 0 spiro atoms. The largest absolute Gasteiger partial charge is 0.345 e. The van der Waals surface area contributed by atoms with Crippen molar-refractivity contribution in [3.05, 3.63) is 64.1 Å². The summed E-state index contributed by atoms with van der Waals surface area (Å²) in [5.74, 6) is 0.0891. The van der Waals surface area contributed by atoms with E-state index >= 15 is 0 Å². The molecule has 0 heterocycles. The summed E-state index contributed by atoms with van der Waals surface area (Å²) >= 11 is 3.50. The Morgan fingerprint density at radius 2 is 1.75 bits per heavy atom. The van der Waals surface area contributed by atoms with E-state index in [1.54, 1.807) is 24.3 Å². The van der Waals surface area contributed by atoms with Crippen LogP contribution in [-0.2, 0) is 4.79 Å². The Balaban J connectivity index is 1.62.